The first-order valence-electron chi connectivity index (χ1n) is 6.45. The summed E-state index contributed by atoms with van der Waals surface area (Å²) < 4.78 is 5.52. The second kappa shape index (κ2) is 7.65. The van der Waals surface area contributed by atoms with E-state index in [2.05, 4.69) is 4.98 Å². The molecule has 0 aliphatic rings. The molecule has 0 amide bonds. The summed E-state index contributed by atoms with van der Waals surface area (Å²) in [5, 5.41) is 8.52. The molecule has 0 fully saturated rings. The van der Waals surface area contributed by atoms with Gasteiger partial charge >= 0.3 is 5.97 Å². The van der Waals surface area contributed by atoms with Gasteiger partial charge in [0.2, 0.25) is 0 Å². The molecule has 2 aromatic rings. The van der Waals surface area contributed by atoms with Crippen LogP contribution in [0.4, 0.5) is 0 Å². The summed E-state index contributed by atoms with van der Waals surface area (Å²) in [5.74, 6) is -0.358. The van der Waals surface area contributed by atoms with Crippen LogP contribution in [0.1, 0.15) is 11.3 Å². The molecule has 0 atom stereocenters. The van der Waals surface area contributed by atoms with Gasteiger partial charge in [0.15, 0.2) is 0 Å². The monoisotopic (exact) mass is 281 g/mol. The maximum absolute atomic E-state index is 10.4. The smallest absolute Gasteiger partial charge is 0.328 e. The van der Waals surface area contributed by atoms with Gasteiger partial charge in [-0.2, -0.15) is 0 Å². The molecular weight excluding hydrogens is 266 g/mol. The van der Waals surface area contributed by atoms with Gasteiger partial charge in [-0.05, 0) is 29.8 Å². The number of rotatable bonds is 6. The number of carboxylic acids is 1. The van der Waals surface area contributed by atoms with E-state index in [0.29, 0.717) is 18.1 Å². The number of ether oxygens (including phenoxy) is 1. The first-order valence-corrected chi connectivity index (χ1v) is 6.45. The lowest BCUT2D eigenvalue weighted by Gasteiger charge is -2.02. The molecular formula is C17H15NO3. The standard InChI is InChI=1S/C17H15NO3/c19-17(20)11-9-15-8-10-16(13-18-15)21-12-4-7-14-5-2-1-3-6-14/h1-11,13H,12H2,(H,19,20). The van der Waals surface area contributed by atoms with Crippen LogP contribution in [0.25, 0.3) is 12.2 Å². The van der Waals surface area contributed by atoms with E-state index >= 15 is 0 Å². The summed E-state index contributed by atoms with van der Waals surface area (Å²) in [5.41, 5.74) is 1.69. The van der Waals surface area contributed by atoms with Gasteiger partial charge in [0.25, 0.3) is 0 Å². The summed E-state index contributed by atoms with van der Waals surface area (Å²) in [7, 11) is 0. The minimum absolute atomic E-state index is 0.445. The molecule has 0 radical (unpaired) electrons. The zero-order valence-corrected chi connectivity index (χ0v) is 11.3. The highest BCUT2D eigenvalue weighted by molar-refractivity contribution is 5.84. The van der Waals surface area contributed by atoms with Crippen molar-refractivity contribution < 1.29 is 14.6 Å². The van der Waals surface area contributed by atoms with E-state index in [1.54, 1.807) is 18.3 Å². The molecule has 0 bridgehead atoms. The Balaban J connectivity index is 1.84. The molecule has 0 saturated heterocycles. The zero-order valence-electron chi connectivity index (χ0n) is 11.3. The molecule has 4 heteroatoms. The first kappa shape index (κ1) is 14.5. The fraction of sp³-hybridized carbons (Fsp3) is 0.0588. The number of nitrogens with zero attached hydrogens (tertiary/aromatic N) is 1. The van der Waals surface area contributed by atoms with Gasteiger partial charge in [0.1, 0.15) is 12.4 Å². The van der Waals surface area contributed by atoms with Gasteiger partial charge < -0.3 is 9.84 Å². The van der Waals surface area contributed by atoms with E-state index in [1.807, 2.05) is 42.5 Å². The van der Waals surface area contributed by atoms with Crippen molar-refractivity contribution in [2.75, 3.05) is 6.61 Å². The summed E-state index contributed by atoms with van der Waals surface area (Å²) in [6.45, 7) is 0.445. The Kier molecular flexibility index (Phi) is 5.29. The summed E-state index contributed by atoms with van der Waals surface area (Å²) in [6, 6.07) is 13.4. The highest BCUT2D eigenvalue weighted by Gasteiger charge is 1.94. The number of hydrogen-bond acceptors (Lipinski definition) is 3. The molecule has 106 valence electrons. The number of benzene rings is 1. The lowest BCUT2D eigenvalue weighted by atomic mass is 10.2. The lowest BCUT2D eigenvalue weighted by molar-refractivity contribution is -0.131. The number of hydrogen-bond donors (Lipinski definition) is 1. The van der Waals surface area contributed by atoms with Crippen LogP contribution in [0.15, 0.2) is 60.8 Å². The topological polar surface area (TPSA) is 59.4 Å². The lowest BCUT2D eigenvalue weighted by Crippen LogP contribution is -1.94. The van der Waals surface area contributed by atoms with Crippen LogP contribution in [0.2, 0.25) is 0 Å². The molecule has 4 nitrogen and oxygen atoms in total. The predicted octanol–water partition coefficient (Wildman–Crippen LogP) is 3.27. The third-order valence-corrected chi connectivity index (χ3v) is 2.61. The van der Waals surface area contributed by atoms with Crippen molar-refractivity contribution in [1.82, 2.24) is 4.98 Å². The van der Waals surface area contributed by atoms with Gasteiger partial charge in [-0.3, -0.25) is 4.98 Å². The average Bonchev–Trinajstić information content (AvgIpc) is 2.52. The van der Waals surface area contributed by atoms with Crippen LogP contribution in [-0.4, -0.2) is 22.7 Å². The van der Waals surface area contributed by atoms with E-state index in [-0.39, 0.29) is 0 Å². The van der Waals surface area contributed by atoms with Gasteiger partial charge in [-0.15, -0.1) is 0 Å². The normalized spacial score (nSPS) is 11.0. The van der Waals surface area contributed by atoms with Crippen LogP contribution >= 0.6 is 0 Å². The molecule has 0 saturated carbocycles. The van der Waals surface area contributed by atoms with Gasteiger partial charge in [-0.1, -0.05) is 36.4 Å². The number of pyridine rings is 1. The Bertz CT molecular complexity index is 631. The number of aliphatic carboxylic acids is 1. The molecule has 0 aliphatic heterocycles. The molecule has 1 heterocycles. The molecule has 0 spiro atoms. The predicted molar refractivity (Wildman–Crippen MR) is 81.9 cm³/mol. The van der Waals surface area contributed by atoms with E-state index in [4.69, 9.17) is 9.84 Å². The Morgan fingerprint density at radius 1 is 1.14 bits per heavy atom. The molecule has 2 rings (SSSR count). The van der Waals surface area contributed by atoms with E-state index in [9.17, 15) is 4.79 Å². The Morgan fingerprint density at radius 2 is 1.95 bits per heavy atom. The van der Waals surface area contributed by atoms with Crippen molar-refractivity contribution >= 4 is 18.1 Å². The highest BCUT2D eigenvalue weighted by atomic mass is 16.5. The third-order valence-electron chi connectivity index (χ3n) is 2.61. The number of aromatic nitrogens is 1. The molecule has 0 unspecified atom stereocenters. The maximum Gasteiger partial charge on any atom is 0.328 e. The van der Waals surface area contributed by atoms with Crippen molar-refractivity contribution in [1.29, 1.82) is 0 Å². The Hall–Kier alpha value is -2.88. The van der Waals surface area contributed by atoms with Crippen molar-refractivity contribution in [2.45, 2.75) is 0 Å². The van der Waals surface area contributed by atoms with Crippen molar-refractivity contribution in [2.24, 2.45) is 0 Å². The minimum Gasteiger partial charge on any atom is -0.488 e. The van der Waals surface area contributed by atoms with Crippen LogP contribution in [-0.2, 0) is 4.79 Å². The second-order valence-electron chi connectivity index (χ2n) is 4.21. The van der Waals surface area contributed by atoms with Crippen molar-refractivity contribution in [3.63, 3.8) is 0 Å². The fourth-order valence-corrected chi connectivity index (χ4v) is 1.63. The molecule has 21 heavy (non-hydrogen) atoms. The van der Waals surface area contributed by atoms with Crippen LogP contribution < -0.4 is 4.74 Å². The van der Waals surface area contributed by atoms with Crippen LogP contribution in [0, 0.1) is 0 Å². The van der Waals surface area contributed by atoms with E-state index < -0.39 is 5.97 Å². The first-order chi connectivity index (χ1) is 10.2. The summed E-state index contributed by atoms with van der Waals surface area (Å²) in [6.07, 6.45) is 7.95. The van der Waals surface area contributed by atoms with E-state index in [0.717, 1.165) is 11.6 Å². The van der Waals surface area contributed by atoms with Crippen LogP contribution in [0.5, 0.6) is 5.75 Å². The minimum atomic E-state index is -0.997. The van der Waals surface area contributed by atoms with Crippen molar-refractivity contribution in [3.05, 3.63) is 72.1 Å². The quantitative estimate of drug-likeness (QED) is 0.825. The van der Waals surface area contributed by atoms with Gasteiger partial charge in [-0.25, -0.2) is 4.79 Å². The SMILES string of the molecule is O=C(O)C=Cc1ccc(OCC=Cc2ccccc2)cn1. The highest BCUT2D eigenvalue weighted by Crippen LogP contribution is 2.10. The van der Waals surface area contributed by atoms with Crippen molar-refractivity contribution in [3.8, 4) is 5.75 Å². The van der Waals surface area contributed by atoms with Crippen LogP contribution in [0.3, 0.4) is 0 Å². The second-order valence-corrected chi connectivity index (χ2v) is 4.21. The van der Waals surface area contributed by atoms with E-state index in [1.165, 1.54) is 6.08 Å². The Labute approximate surface area is 123 Å². The summed E-state index contributed by atoms with van der Waals surface area (Å²) in [4.78, 5) is 14.5. The largest absolute Gasteiger partial charge is 0.488 e. The maximum atomic E-state index is 10.4. The Morgan fingerprint density at radius 3 is 2.62 bits per heavy atom. The number of carboxylic acid groups (broad SMARTS) is 1. The fourth-order valence-electron chi connectivity index (χ4n) is 1.63. The molecule has 1 aromatic carbocycles. The van der Waals surface area contributed by atoms with Gasteiger partial charge in [0.05, 0.1) is 11.9 Å². The molecule has 1 aromatic heterocycles. The number of carbonyl (C=O) groups is 1. The molecule has 0 aliphatic carbocycles. The zero-order chi connectivity index (χ0) is 14.9. The summed E-state index contributed by atoms with van der Waals surface area (Å²) >= 11 is 0. The average molecular weight is 281 g/mol. The third kappa shape index (κ3) is 5.32. The molecule has 1 N–H and O–H groups in total. The van der Waals surface area contributed by atoms with Gasteiger partial charge in [0, 0.05) is 6.08 Å².